The summed E-state index contributed by atoms with van der Waals surface area (Å²) in [7, 11) is -1.37. The molecule has 72 valence electrons. The molecule has 0 spiro atoms. The van der Waals surface area contributed by atoms with Gasteiger partial charge in [0.25, 0.3) is 0 Å². The summed E-state index contributed by atoms with van der Waals surface area (Å²) in [6, 6.07) is 0. The summed E-state index contributed by atoms with van der Waals surface area (Å²) < 4.78 is 3.32. The number of hydrogen-bond donors (Lipinski definition) is 2. The highest BCUT2D eigenvalue weighted by Gasteiger charge is 2.12. The van der Waals surface area contributed by atoms with Crippen LogP contribution in [0.1, 0.15) is 0 Å². The van der Waals surface area contributed by atoms with Crippen molar-refractivity contribution in [2.45, 2.75) is 0 Å². The predicted octanol–water partition coefficient (Wildman–Crippen LogP) is 1.84. The molecule has 0 saturated heterocycles. The topological polar surface area (TPSA) is 38.0 Å². The first-order valence-electron chi connectivity index (χ1n) is 3.34. The number of nitrogens with two attached hydrogens (primary N) is 1. The smallest absolute Gasteiger partial charge is 0.0271 e. The molecule has 0 radical (unpaired) electrons. The number of hydrogen-bond acceptors (Lipinski definition) is 2. The predicted molar refractivity (Wildman–Crippen MR) is 70.0 cm³/mol. The fraction of sp³-hybridized carbons (Fsp3) is 1.00. The minimum atomic E-state index is -0.790. The first-order valence-corrected chi connectivity index (χ1v) is 9.72. The molecule has 5 heteroatoms. The molecule has 0 rings (SSSR count). The fourth-order valence-corrected chi connectivity index (χ4v) is 4.58. The Morgan fingerprint density at radius 1 is 1.18 bits per heavy atom. The van der Waals surface area contributed by atoms with Crippen molar-refractivity contribution in [3.05, 3.63) is 0 Å². The third-order valence-corrected chi connectivity index (χ3v) is 8.06. The Hall–Kier alpha value is 1.35. The maximum absolute atomic E-state index is 5.96. The lowest BCUT2D eigenvalue weighted by Gasteiger charge is -2.34. The fourth-order valence-electron chi connectivity index (χ4n) is 0.462. The highest BCUT2D eigenvalue weighted by atomic mass is 127. The molecule has 0 aliphatic carbocycles. The third-order valence-electron chi connectivity index (χ3n) is 1.33. The summed E-state index contributed by atoms with van der Waals surface area (Å²) in [5, 5.41) is 5.96. The largest absolute Gasteiger partial charge is 0.295 e. The summed E-state index contributed by atoms with van der Waals surface area (Å²) in [5.74, 6) is 2.40. The van der Waals surface area contributed by atoms with E-state index >= 15 is 0 Å². The van der Waals surface area contributed by atoms with Gasteiger partial charge in [0.2, 0.25) is 0 Å². The van der Waals surface area contributed by atoms with E-state index < -0.39 is 20.4 Å². The Labute approximate surface area is 87.5 Å². The van der Waals surface area contributed by atoms with Crippen LogP contribution < -0.4 is 8.07 Å². The average Bonchev–Trinajstić information content (AvgIpc) is 1.83. The van der Waals surface area contributed by atoms with E-state index in [-0.39, 0.29) is 0 Å². The minimum Gasteiger partial charge on any atom is -0.295 e. The third kappa shape index (κ3) is 7.70. The maximum atomic E-state index is 5.96. The van der Waals surface area contributed by atoms with E-state index in [0.29, 0.717) is 0 Å². The van der Waals surface area contributed by atoms with Crippen LogP contribution in [0.4, 0.5) is 0 Å². The van der Waals surface area contributed by atoms with Gasteiger partial charge < -0.3 is 0 Å². The van der Waals surface area contributed by atoms with E-state index in [4.69, 9.17) is 5.14 Å². The first-order chi connectivity index (χ1) is 4.77. The molecule has 0 aromatic rings. The SMILES string of the molecule is CS(C)(N)CCS(C)(C)NI. The van der Waals surface area contributed by atoms with Gasteiger partial charge in [-0.3, -0.25) is 5.14 Å². The van der Waals surface area contributed by atoms with Crippen molar-refractivity contribution in [3.63, 3.8) is 0 Å². The Morgan fingerprint density at radius 3 is 1.91 bits per heavy atom. The van der Waals surface area contributed by atoms with Crippen LogP contribution in [0.25, 0.3) is 0 Å². The number of halogens is 1. The van der Waals surface area contributed by atoms with Crippen molar-refractivity contribution in [2.24, 2.45) is 5.14 Å². The molecule has 2 nitrogen and oxygen atoms in total. The second-order valence-corrected chi connectivity index (χ2v) is 12.3. The van der Waals surface area contributed by atoms with Gasteiger partial charge in [-0.2, -0.15) is 20.4 Å². The first kappa shape index (κ1) is 12.3. The molecule has 0 unspecified atom stereocenters. The van der Waals surface area contributed by atoms with Gasteiger partial charge in [-0.05, 0) is 36.5 Å². The van der Waals surface area contributed by atoms with Crippen molar-refractivity contribution >= 4 is 43.3 Å². The van der Waals surface area contributed by atoms with E-state index in [1.807, 2.05) is 0 Å². The average molecular weight is 310 g/mol. The van der Waals surface area contributed by atoms with Crippen LogP contribution in [-0.4, -0.2) is 36.5 Å². The molecule has 3 N–H and O–H groups in total. The standard InChI is InChI=1S/C6H19IN2S2/c1-10(2,8)5-6-11(3,4)9-7/h9H,5-6,8H2,1-4H3. The highest BCUT2D eigenvalue weighted by Crippen LogP contribution is 2.41. The Morgan fingerprint density at radius 2 is 1.64 bits per heavy atom. The lowest BCUT2D eigenvalue weighted by atomic mass is 11.0. The van der Waals surface area contributed by atoms with Crippen LogP contribution in [-0.2, 0) is 0 Å². The summed E-state index contributed by atoms with van der Waals surface area (Å²) in [6.45, 7) is 0. The Bertz CT molecular complexity index is 122. The second kappa shape index (κ2) is 4.55. The van der Waals surface area contributed by atoms with E-state index in [9.17, 15) is 0 Å². The summed E-state index contributed by atoms with van der Waals surface area (Å²) in [5.41, 5.74) is 0. The normalized spacial score (nSPS) is 16.5. The van der Waals surface area contributed by atoms with Crippen molar-refractivity contribution in [1.82, 2.24) is 2.94 Å². The van der Waals surface area contributed by atoms with E-state index in [1.54, 1.807) is 0 Å². The van der Waals surface area contributed by atoms with Crippen LogP contribution in [0.2, 0.25) is 0 Å². The van der Waals surface area contributed by atoms with E-state index in [2.05, 4.69) is 50.8 Å². The zero-order valence-electron chi connectivity index (χ0n) is 7.69. The molecule has 0 atom stereocenters. The molecular formula is C6H19IN2S2. The molecule has 0 amide bonds. The molecule has 0 heterocycles. The van der Waals surface area contributed by atoms with Gasteiger partial charge >= 0.3 is 0 Å². The summed E-state index contributed by atoms with van der Waals surface area (Å²) >= 11 is 2.24. The van der Waals surface area contributed by atoms with Crippen LogP contribution >= 0.6 is 43.3 Å². The molecule has 0 bridgehead atoms. The van der Waals surface area contributed by atoms with E-state index in [1.165, 1.54) is 11.5 Å². The van der Waals surface area contributed by atoms with Crippen molar-refractivity contribution < 1.29 is 0 Å². The van der Waals surface area contributed by atoms with Crippen LogP contribution in [0.5, 0.6) is 0 Å². The van der Waals surface area contributed by atoms with Gasteiger partial charge in [0, 0.05) is 22.9 Å². The monoisotopic (exact) mass is 310 g/mol. The lowest BCUT2D eigenvalue weighted by Crippen LogP contribution is -2.20. The zero-order valence-corrected chi connectivity index (χ0v) is 11.5. The van der Waals surface area contributed by atoms with Crippen molar-refractivity contribution in [3.8, 4) is 0 Å². The van der Waals surface area contributed by atoms with Crippen LogP contribution in [0, 0.1) is 0 Å². The van der Waals surface area contributed by atoms with Crippen LogP contribution in [0.3, 0.4) is 0 Å². The van der Waals surface area contributed by atoms with Gasteiger partial charge in [0.1, 0.15) is 0 Å². The Balaban J connectivity index is 3.70. The lowest BCUT2D eigenvalue weighted by molar-refractivity contribution is 1.44. The van der Waals surface area contributed by atoms with Crippen LogP contribution in [0.15, 0.2) is 0 Å². The van der Waals surface area contributed by atoms with Gasteiger partial charge in [-0.1, -0.05) is 0 Å². The molecule has 0 aliphatic heterocycles. The Kier molecular flexibility index (Phi) is 5.11. The summed E-state index contributed by atoms with van der Waals surface area (Å²) in [6.07, 6.45) is 8.89. The molecule has 0 aromatic heterocycles. The quantitative estimate of drug-likeness (QED) is 0.614. The maximum Gasteiger partial charge on any atom is 0.0271 e. The molecule has 0 aliphatic rings. The number of rotatable bonds is 4. The van der Waals surface area contributed by atoms with Gasteiger partial charge in [-0.15, -0.1) is 0 Å². The van der Waals surface area contributed by atoms with Gasteiger partial charge in [0.05, 0.1) is 0 Å². The molecule has 11 heavy (non-hydrogen) atoms. The molecule has 0 fully saturated rings. The minimum absolute atomic E-state index is 0.575. The van der Waals surface area contributed by atoms with E-state index in [0.717, 1.165) is 0 Å². The highest BCUT2D eigenvalue weighted by molar-refractivity contribution is 14.1. The zero-order chi connectivity index (χ0) is 9.12. The molecule has 0 saturated carbocycles. The molecule has 0 aromatic carbocycles. The van der Waals surface area contributed by atoms with Gasteiger partial charge in [-0.25, -0.2) is 2.94 Å². The second-order valence-electron chi connectivity index (χ2n) is 3.65. The van der Waals surface area contributed by atoms with Gasteiger partial charge in [0.15, 0.2) is 0 Å². The van der Waals surface area contributed by atoms with Crippen molar-refractivity contribution in [1.29, 1.82) is 0 Å². The summed E-state index contributed by atoms with van der Waals surface area (Å²) in [4.78, 5) is 0. The van der Waals surface area contributed by atoms with Crippen molar-refractivity contribution in [2.75, 3.05) is 36.5 Å². The number of nitrogens with one attached hydrogen (secondary N) is 1. The molecular weight excluding hydrogens is 291 g/mol.